The highest BCUT2D eigenvalue weighted by Gasteiger charge is 2.26. The Balaban J connectivity index is 2.07. The summed E-state index contributed by atoms with van der Waals surface area (Å²) < 4.78 is 41.1. The zero-order valence-electron chi connectivity index (χ0n) is 23.4. The van der Waals surface area contributed by atoms with Crippen LogP contribution in [0, 0.1) is 6.92 Å². The summed E-state index contributed by atoms with van der Waals surface area (Å²) in [6.45, 7) is 8.76. The third-order valence-electron chi connectivity index (χ3n) is 6.39. The zero-order chi connectivity index (χ0) is 28.4. The number of aliphatic hydroxyl groups is 1. The summed E-state index contributed by atoms with van der Waals surface area (Å²) in [5.41, 5.74) is 0.945. The Labute approximate surface area is 230 Å². The van der Waals surface area contributed by atoms with Gasteiger partial charge < -0.3 is 19.6 Å². The van der Waals surface area contributed by atoms with Gasteiger partial charge in [0.1, 0.15) is 11.6 Å². The molecule has 2 aromatic heterocycles. The van der Waals surface area contributed by atoms with Gasteiger partial charge in [-0.25, -0.2) is 17.9 Å². The number of unbranched alkanes of at least 4 members (excludes halogenated alkanes) is 3. The highest BCUT2D eigenvalue weighted by molar-refractivity contribution is 7.89. The fraction of sp³-hybridized carbons (Fsp3) is 0.593. The van der Waals surface area contributed by atoms with E-state index in [1.165, 1.54) is 16.4 Å². The molecule has 0 aliphatic rings. The highest BCUT2D eigenvalue weighted by Crippen LogP contribution is 2.31. The second kappa shape index (κ2) is 14.5. The molecule has 0 fully saturated rings. The predicted molar refractivity (Wildman–Crippen MR) is 150 cm³/mol. The van der Waals surface area contributed by atoms with Crippen LogP contribution in [0.1, 0.15) is 64.4 Å². The number of nitrogens with zero attached hydrogens (tertiary/aromatic N) is 4. The van der Waals surface area contributed by atoms with E-state index < -0.39 is 10.0 Å². The molecule has 0 unspecified atom stereocenters. The monoisotopic (exact) mass is 563 g/mol. The number of imidazole rings is 1. The summed E-state index contributed by atoms with van der Waals surface area (Å²) in [4.78, 5) is 20.5. The number of rotatable bonds is 17. The van der Waals surface area contributed by atoms with Crippen LogP contribution in [0.4, 0.5) is 0 Å². The van der Waals surface area contributed by atoms with E-state index in [4.69, 9.17) is 14.6 Å². The van der Waals surface area contributed by atoms with Crippen LogP contribution in [0.25, 0.3) is 16.9 Å². The molecule has 12 heteroatoms. The van der Waals surface area contributed by atoms with Crippen molar-refractivity contribution in [2.24, 2.45) is 0 Å². The van der Waals surface area contributed by atoms with Crippen LogP contribution < -0.4 is 10.3 Å². The Kier molecular flexibility index (Phi) is 11.5. The Morgan fingerprint density at radius 3 is 2.56 bits per heavy atom. The van der Waals surface area contributed by atoms with Crippen LogP contribution in [-0.2, 0) is 21.2 Å². The normalized spacial score (nSPS) is 12.1. The van der Waals surface area contributed by atoms with Gasteiger partial charge in [0.25, 0.3) is 5.56 Å². The molecule has 0 amide bonds. The van der Waals surface area contributed by atoms with Crippen molar-refractivity contribution >= 4 is 15.5 Å². The molecule has 39 heavy (non-hydrogen) atoms. The molecule has 0 saturated heterocycles. The first-order valence-electron chi connectivity index (χ1n) is 13.7. The maximum absolute atomic E-state index is 13.6. The minimum atomic E-state index is -3.96. The minimum absolute atomic E-state index is 0.00941. The Hall–Kier alpha value is -2.80. The third kappa shape index (κ3) is 7.44. The van der Waals surface area contributed by atoms with Crippen LogP contribution in [0.5, 0.6) is 5.75 Å². The molecule has 3 aromatic rings. The number of H-pyrrole nitrogens is 1. The highest BCUT2D eigenvalue weighted by atomic mass is 32.2. The number of benzene rings is 1. The summed E-state index contributed by atoms with van der Waals surface area (Å²) in [7, 11) is -3.96. The summed E-state index contributed by atoms with van der Waals surface area (Å²) in [5, 5.41) is 14.2. The Bertz CT molecular complexity index is 1390. The third-order valence-corrected chi connectivity index (χ3v) is 8.28. The van der Waals surface area contributed by atoms with Gasteiger partial charge in [-0.05, 0) is 51.8 Å². The number of sulfonamides is 1. The number of nitrogens with one attached hydrogen (secondary N) is 1. The molecule has 216 valence electrons. The molecule has 0 aliphatic carbocycles. The molecular formula is C27H41N5O6S. The van der Waals surface area contributed by atoms with Gasteiger partial charge in [-0.1, -0.05) is 26.2 Å². The number of aliphatic hydroxyl groups excluding tert-OH is 1. The van der Waals surface area contributed by atoms with Crippen LogP contribution in [0.3, 0.4) is 0 Å². The van der Waals surface area contributed by atoms with Crippen molar-refractivity contribution in [3.05, 3.63) is 40.1 Å². The Morgan fingerprint density at radius 1 is 1.08 bits per heavy atom. The standard InChI is InChI=1S/C27H41N5O6S/c1-5-8-9-10-12-24-28-20(4)25-27(34)29-26(30-32(24)25)22-19-21(13-14-23(22)38-7-3)39(35,36)31(16-17-33)15-11-18-37-6-2/h13-14,19,33H,5-12,15-18H2,1-4H3,(H,29,30,34). The number of aryl methyl sites for hydroxylation is 2. The second-order valence-electron chi connectivity index (χ2n) is 9.26. The summed E-state index contributed by atoms with van der Waals surface area (Å²) in [6, 6.07) is 4.49. The first-order chi connectivity index (χ1) is 18.8. The number of fused-ring (bicyclic) bond motifs is 1. The lowest BCUT2D eigenvalue weighted by Crippen LogP contribution is -2.35. The second-order valence-corrected chi connectivity index (χ2v) is 11.2. The molecule has 11 nitrogen and oxygen atoms in total. The largest absolute Gasteiger partial charge is 0.493 e. The van der Waals surface area contributed by atoms with Gasteiger partial charge in [0, 0.05) is 32.7 Å². The average Bonchev–Trinajstić information content (AvgIpc) is 3.24. The molecule has 2 heterocycles. The van der Waals surface area contributed by atoms with Gasteiger partial charge in [0.15, 0.2) is 11.3 Å². The van der Waals surface area contributed by atoms with E-state index in [2.05, 4.69) is 16.9 Å². The number of ether oxygens (including phenoxy) is 2. The van der Waals surface area contributed by atoms with E-state index in [1.807, 2.05) is 13.8 Å². The van der Waals surface area contributed by atoms with Crippen LogP contribution in [0.2, 0.25) is 0 Å². The van der Waals surface area contributed by atoms with Crippen LogP contribution >= 0.6 is 0 Å². The van der Waals surface area contributed by atoms with Crippen molar-refractivity contribution in [2.75, 3.05) is 39.5 Å². The van der Waals surface area contributed by atoms with Gasteiger partial charge >= 0.3 is 0 Å². The topological polar surface area (TPSA) is 139 Å². The van der Waals surface area contributed by atoms with Gasteiger partial charge in [-0.15, -0.1) is 5.10 Å². The van der Waals surface area contributed by atoms with Crippen molar-refractivity contribution in [1.29, 1.82) is 0 Å². The van der Waals surface area contributed by atoms with Gasteiger partial charge in [-0.2, -0.15) is 4.31 Å². The number of aromatic amines is 1. The summed E-state index contributed by atoms with van der Waals surface area (Å²) >= 11 is 0. The van der Waals surface area contributed by atoms with E-state index in [1.54, 1.807) is 17.5 Å². The Morgan fingerprint density at radius 2 is 1.87 bits per heavy atom. The minimum Gasteiger partial charge on any atom is -0.493 e. The maximum atomic E-state index is 13.6. The van der Waals surface area contributed by atoms with E-state index in [-0.39, 0.29) is 36.0 Å². The van der Waals surface area contributed by atoms with Crippen molar-refractivity contribution in [1.82, 2.24) is 23.9 Å². The molecule has 0 spiro atoms. The number of hydrogen-bond acceptors (Lipinski definition) is 8. The number of hydrogen-bond donors (Lipinski definition) is 2. The molecule has 0 saturated carbocycles. The fourth-order valence-electron chi connectivity index (χ4n) is 4.47. The molecule has 0 radical (unpaired) electrons. The average molecular weight is 564 g/mol. The first kappa shape index (κ1) is 30.7. The van der Waals surface area contributed by atoms with E-state index >= 15 is 0 Å². The van der Waals surface area contributed by atoms with Crippen LogP contribution in [-0.4, -0.2) is 76.9 Å². The van der Waals surface area contributed by atoms with Gasteiger partial charge in [-0.3, -0.25) is 4.79 Å². The van der Waals surface area contributed by atoms with E-state index in [9.17, 15) is 18.3 Å². The van der Waals surface area contributed by atoms with Gasteiger partial charge in [0.2, 0.25) is 10.0 Å². The summed E-state index contributed by atoms with van der Waals surface area (Å²) in [6.07, 6.45) is 5.39. The molecular weight excluding hydrogens is 522 g/mol. The SMILES string of the molecule is CCCCCCc1nc(C)c2c(=O)[nH]c(-c3cc(S(=O)(=O)N(CCO)CCCOCC)ccc3OCC)nn12. The smallest absolute Gasteiger partial charge is 0.277 e. The molecule has 0 atom stereocenters. The lowest BCUT2D eigenvalue weighted by molar-refractivity contribution is 0.138. The van der Waals surface area contributed by atoms with Crippen molar-refractivity contribution in [3.8, 4) is 17.1 Å². The molecule has 2 N–H and O–H groups in total. The zero-order valence-corrected chi connectivity index (χ0v) is 24.2. The molecule has 0 bridgehead atoms. The lowest BCUT2D eigenvalue weighted by atomic mass is 10.1. The van der Waals surface area contributed by atoms with E-state index in [0.717, 1.165) is 25.7 Å². The predicted octanol–water partition coefficient (Wildman–Crippen LogP) is 3.32. The quantitative estimate of drug-likeness (QED) is 0.239. The lowest BCUT2D eigenvalue weighted by Gasteiger charge is -2.22. The fourth-order valence-corrected chi connectivity index (χ4v) is 5.96. The van der Waals surface area contributed by atoms with Gasteiger partial charge in [0.05, 0.1) is 29.4 Å². The van der Waals surface area contributed by atoms with Crippen molar-refractivity contribution in [3.63, 3.8) is 0 Å². The summed E-state index contributed by atoms with van der Waals surface area (Å²) in [5.74, 6) is 1.27. The molecule has 3 rings (SSSR count). The maximum Gasteiger partial charge on any atom is 0.277 e. The first-order valence-corrected chi connectivity index (χ1v) is 15.2. The number of aromatic nitrogens is 4. The van der Waals surface area contributed by atoms with Crippen LogP contribution in [0.15, 0.2) is 27.9 Å². The molecule has 0 aliphatic heterocycles. The van der Waals surface area contributed by atoms with E-state index in [0.29, 0.717) is 61.0 Å². The van der Waals surface area contributed by atoms with Crippen molar-refractivity contribution in [2.45, 2.75) is 71.1 Å². The van der Waals surface area contributed by atoms with Crippen molar-refractivity contribution < 1.29 is 23.0 Å². The molecule has 1 aromatic carbocycles.